The summed E-state index contributed by atoms with van der Waals surface area (Å²) in [4.78, 5) is 11.5. The zero-order valence-electron chi connectivity index (χ0n) is 19.8. The summed E-state index contributed by atoms with van der Waals surface area (Å²) in [6.45, 7) is 2.72. The number of aromatic nitrogens is 1. The van der Waals surface area contributed by atoms with Gasteiger partial charge in [0.15, 0.2) is 0 Å². The van der Waals surface area contributed by atoms with Crippen molar-refractivity contribution in [3.63, 3.8) is 0 Å². The maximum Gasteiger partial charge on any atom is 0.138 e. The molecule has 0 saturated heterocycles. The van der Waals surface area contributed by atoms with Crippen LogP contribution in [-0.2, 0) is 17.8 Å². The highest BCUT2D eigenvalue weighted by molar-refractivity contribution is 6.32. The topological polar surface area (TPSA) is 31.2 Å². The Morgan fingerprint density at radius 1 is 1.03 bits per heavy atom. The van der Waals surface area contributed by atoms with Crippen LogP contribution in [0.15, 0.2) is 54.7 Å². The molecule has 1 saturated carbocycles. The van der Waals surface area contributed by atoms with Gasteiger partial charge in [-0.3, -0.25) is 0 Å². The molecule has 2 unspecified atom stereocenters. The Balaban J connectivity index is 1.31. The quantitative estimate of drug-likeness (QED) is 0.320. The molecule has 0 aliphatic heterocycles. The van der Waals surface area contributed by atoms with Crippen LogP contribution in [0, 0.1) is 5.92 Å². The van der Waals surface area contributed by atoms with Gasteiger partial charge in [0, 0.05) is 30.1 Å². The molecule has 0 N–H and O–H groups in total. The molecule has 0 amide bonds. The highest BCUT2D eigenvalue weighted by atomic mass is 35.5. The molecule has 1 aliphatic carbocycles. The predicted molar refractivity (Wildman–Crippen MR) is 137 cm³/mol. The number of aryl methyl sites for hydroxylation is 2. The van der Waals surface area contributed by atoms with Crippen molar-refractivity contribution in [2.24, 2.45) is 5.92 Å². The lowest BCUT2D eigenvalue weighted by Gasteiger charge is -2.26. The van der Waals surface area contributed by atoms with Gasteiger partial charge in [0.25, 0.3) is 0 Å². The molecule has 2 aromatic carbocycles. The molecule has 3 nitrogen and oxygen atoms in total. The summed E-state index contributed by atoms with van der Waals surface area (Å²) in [5, 5.41) is 2.00. The first-order chi connectivity index (χ1) is 16.1. The Morgan fingerprint density at radius 2 is 1.82 bits per heavy atom. The average Bonchev–Trinajstić information content (AvgIpc) is 3.15. The van der Waals surface area contributed by atoms with Crippen LogP contribution in [0.1, 0.15) is 70.3 Å². The van der Waals surface area contributed by atoms with Gasteiger partial charge in [-0.25, -0.2) is 0 Å². The molecule has 4 heteroatoms. The minimum absolute atomic E-state index is 0.257. The van der Waals surface area contributed by atoms with Crippen molar-refractivity contribution in [3.8, 4) is 5.75 Å². The van der Waals surface area contributed by atoms with E-state index < -0.39 is 0 Å². The van der Waals surface area contributed by atoms with E-state index in [2.05, 4.69) is 35.0 Å². The van der Waals surface area contributed by atoms with Crippen LogP contribution >= 0.6 is 11.6 Å². The first-order valence-electron chi connectivity index (χ1n) is 12.6. The monoisotopic (exact) mass is 465 g/mol. The number of nitrogens with zero attached hydrogens (tertiary/aromatic N) is 1. The summed E-state index contributed by atoms with van der Waals surface area (Å²) in [5.74, 6) is 1.84. The summed E-state index contributed by atoms with van der Waals surface area (Å²) in [5.41, 5.74) is 2.59. The fourth-order valence-corrected chi connectivity index (χ4v) is 5.39. The summed E-state index contributed by atoms with van der Waals surface area (Å²) < 4.78 is 8.67. The number of rotatable bonds is 9. The zero-order valence-corrected chi connectivity index (χ0v) is 20.5. The van der Waals surface area contributed by atoms with Crippen LogP contribution in [-0.4, -0.2) is 16.5 Å². The lowest BCUT2D eigenvalue weighted by atomic mass is 9.87. The summed E-state index contributed by atoms with van der Waals surface area (Å²) in [7, 11) is 0. The Hall–Kier alpha value is -2.26. The van der Waals surface area contributed by atoms with Gasteiger partial charge in [-0.05, 0) is 81.5 Å². The second-order valence-corrected chi connectivity index (χ2v) is 10.0. The van der Waals surface area contributed by atoms with E-state index in [0.717, 1.165) is 37.5 Å². The van der Waals surface area contributed by atoms with Crippen LogP contribution in [0.4, 0.5) is 0 Å². The highest BCUT2D eigenvalue weighted by Gasteiger charge is 2.19. The number of halogens is 1. The molecule has 0 spiro atoms. The molecule has 2 atom stereocenters. The molecule has 3 aromatic rings. The number of hydrogen-bond acceptors (Lipinski definition) is 2. The second kappa shape index (κ2) is 11.7. The van der Waals surface area contributed by atoms with Gasteiger partial charge in [0.1, 0.15) is 11.5 Å². The van der Waals surface area contributed by atoms with Crippen molar-refractivity contribution in [3.05, 3.63) is 65.3 Å². The number of benzene rings is 2. The van der Waals surface area contributed by atoms with E-state index in [4.69, 9.17) is 16.3 Å². The highest BCUT2D eigenvalue weighted by Crippen LogP contribution is 2.31. The lowest BCUT2D eigenvalue weighted by molar-refractivity contribution is -0.116. The van der Waals surface area contributed by atoms with E-state index in [0.29, 0.717) is 11.4 Å². The van der Waals surface area contributed by atoms with E-state index in [1.165, 1.54) is 55.0 Å². The van der Waals surface area contributed by atoms with Gasteiger partial charge in [0.2, 0.25) is 0 Å². The van der Waals surface area contributed by atoms with Crippen LogP contribution in [0.3, 0.4) is 0 Å². The van der Waals surface area contributed by atoms with Crippen LogP contribution < -0.4 is 4.74 Å². The van der Waals surface area contributed by atoms with Crippen molar-refractivity contribution in [1.29, 1.82) is 0 Å². The molecule has 33 heavy (non-hydrogen) atoms. The van der Waals surface area contributed by atoms with E-state index in [1.54, 1.807) is 6.92 Å². The van der Waals surface area contributed by atoms with Crippen molar-refractivity contribution >= 4 is 28.3 Å². The minimum atomic E-state index is 0.257. The summed E-state index contributed by atoms with van der Waals surface area (Å²) >= 11 is 6.31. The van der Waals surface area contributed by atoms with E-state index in [-0.39, 0.29) is 11.9 Å². The molecule has 1 heterocycles. The first kappa shape index (κ1) is 23.9. The van der Waals surface area contributed by atoms with Gasteiger partial charge in [-0.15, -0.1) is 0 Å². The molecule has 0 bridgehead atoms. The van der Waals surface area contributed by atoms with Gasteiger partial charge < -0.3 is 14.1 Å². The summed E-state index contributed by atoms with van der Waals surface area (Å²) in [6, 6.07) is 16.4. The lowest BCUT2D eigenvalue weighted by Crippen LogP contribution is -2.20. The maximum atomic E-state index is 11.5. The molecular weight excluding hydrogens is 430 g/mol. The molecule has 0 radical (unpaired) electrons. The first-order valence-corrected chi connectivity index (χ1v) is 13.0. The maximum absolute atomic E-state index is 11.5. The van der Waals surface area contributed by atoms with E-state index >= 15 is 0 Å². The third-order valence-electron chi connectivity index (χ3n) is 7.04. The normalized spacial score (nSPS) is 19.2. The number of carbonyl (C=O) groups excluding carboxylic acids is 1. The Kier molecular flexibility index (Phi) is 8.50. The Morgan fingerprint density at radius 3 is 2.67 bits per heavy atom. The van der Waals surface area contributed by atoms with E-state index in [9.17, 15) is 4.79 Å². The molecule has 1 aliphatic rings. The minimum Gasteiger partial charge on any atom is -0.489 e. The number of Topliss-reactive ketones (excluding diaryl/α,β-unsaturated/α-hetero) is 1. The smallest absolute Gasteiger partial charge is 0.138 e. The fourth-order valence-electron chi connectivity index (χ4n) is 5.21. The van der Waals surface area contributed by atoms with Crippen LogP contribution in [0.2, 0.25) is 5.02 Å². The largest absolute Gasteiger partial charge is 0.489 e. The Labute approximate surface area is 203 Å². The molecule has 1 fully saturated rings. The van der Waals surface area contributed by atoms with Crippen LogP contribution in [0.25, 0.3) is 10.9 Å². The molecule has 4 rings (SSSR count). The fraction of sp³-hybridized carbons (Fsp3) is 0.483. The second-order valence-electron chi connectivity index (χ2n) is 9.61. The molecular formula is C29H36ClNO2. The number of ketones is 1. The van der Waals surface area contributed by atoms with Crippen molar-refractivity contribution in [1.82, 2.24) is 4.57 Å². The third kappa shape index (κ3) is 6.63. The Bertz CT molecular complexity index is 1060. The van der Waals surface area contributed by atoms with Crippen LogP contribution in [0.5, 0.6) is 5.75 Å². The van der Waals surface area contributed by atoms with Gasteiger partial charge >= 0.3 is 0 Å². The number of hydrogen-bond donors (Lipinski definition) is 0. The average molecular weight is 466 g/mol. The van der Waals surface area contributed by atoms with Gasteiger partial charge in [-0.2, -0.15) is 0 Å². The van der Waals surface area contributed by atoms with Crippen molar-refractivity contribution in [2.75, 3.05) is 0 Å². The standard InChI is InChI=1S/C29H36ClNO2/c1-22(32)16-18-24-21-31(28-14-6-4-12-26(24)28)20-8-10-23-9-2-3-11-25(19-17-23)33-29-15-7-5-13-27(29)30/h4-7,12-15,21,23,25H,2-3,8-11,16-20H2,1H3. The number of para-hydroxylation sites is 2. The summed E-state index contributed by atoms with van der Waals surface area (Å²) in [6.07, 6.45) is 13.7. The van der Waals surface area contributed by atoms with E-state index in [1.807, 2.05) is 24.3 Å². The SMILES string of the molecule is CC(=O)CCc1cn(CCCC2CCCCC(Oc3ccccc3Cl)CC2)c2ccccc12. The number of carbonyl (C=O) groups is 1. The van der Waals surface area contributed by atoms with Crippen molar-refractivity contribution in [2.45, 2.75) is 83.8 Å². The predicted octanol–water partition coefficient (Wildman–Crippen LogP) is 8.01. The molecule has 176 valence electrons. The molecule has 1 aromatic heterocycles. The van der Waals surface area contributed by atoms with Gasteiger partial charge in [0.05, 0.1) is 11.1 Å². The third-order valence-corrected chi connectivity index (χ3v) is 7.36. The number of fused-ring (bicyclic) bond motifs is 1. The zero-order chi connectivity index (χ0) is 23.0. The van der Waals surface area contributed by atoms with Crippen molar-refractivity contribution < 1.29 is 9.53 Å². The number of ether oxygens (including phenoxy) is 1. The van der Waals surface area contributed by atoms with Gasteiger partial charge in [-0.1, -0.05) is 54.8 Å².